The van der Waals surface area contributed by atoms with Crippen molar-refractivity contribution in [3.05, 3.63) is 89.6 Å². The first-order valence-corrected chi connectivity index (χ1v) is 12.7. The number of carbonyl (C=O) groups is 1. The molecule has 4 heterocycles. The lowest BCUT2D eigenvalue weighted by Gasteiger charge is -2.31. The lowest BCUT2D eigenvalue weighted by atomic mass is 9.96. The number of pyridine rings is 1. The first-order valence-electron chi connectivity index (χ1n) is 12.7. The van der Waals surface area contributed by atoms with Gasteiger partial charge in [0.2, 0.25) is 0 Å². The minimum Gasteiger partial charge on any atom is -0.403 e. The second kappa shape index (κ2) is 9.97. The Morgan fingerprint density at radius 2 is 1.68 bits per heavy atom. The van der Waals surface area contributed by atoms with Crippen molar-refractivity contribution >= 4 is 23.3 Å². The van der Waals surface area contributed by atoms with Gasteiger partial charge >= 0.3 is 6.01 Å². The zero-order valence-electron chi connectivity index (χ0n) is 20.7. The largest absolute Gasteiger partial charge is 0.403 e. The van der Waals surface area contributed by atoms with Gasteiger partial charge in [-0.05, 0) is 36.5 Å². The van der Waals surface area contributed by atoms with Crippen molar-refractivity contribution in [2.24, 2.45) is 10.9 Å². The number of Topliss-reactive ketones (excluding diaryl/α,β-unsaturated/α-hetero) is 1. The van der Waals surface area contributed by atoms with E-state index < -0.39 is 6.17 Å². The Morgan fingerprint density at radius 1 is 0.919 bits per heavy atom. The Kier molecular flexibility index (Phi) is 6.22. The number of aromatic nitrogens is 3. The molecule has 0 spiro atoms. The van der Waals surface area contributed by atoms with E-state index in [-0.39, 0.29) is 18.2 Å². The van der Waals surface area contributed by atoms with Crippen molar-refractivity contribution in [2.75, 3.05) is 23.3 Å². The Labute approximate surface area is 215 Å². The van der Waals surface area contributed by atoms with E-state index in [4.69, 9.17) is 9.41 Å². The van der Waals surface area contributed by atoms with E-state index in [1.54, 1.807) is 6.20 Å². The summed E-state index contributed by atoms with van der Waals surface area (Å²) in [4.78, 5) is 25.0. The van der Waals surface area contributed by atoms with Gasteiger partial charge in [0.25, 0.3) is 5.89 Å². The highest BCUT2D eigenvalue weighted by molar-refractivity contribution is 6.16. The molecule has 2 aliphatic rings. The van der Waals surface area contributed by atoms with E-state index in [1.165, 1.54) is 0 Å². The molecule has 2 aromatic carbocycles. The van der Waals surface area contributed by atoms with Crippen LogP contribution in [0.1, 0.15) is 36.5 Å². The molecule has 6 rings (SSSR count). The molecule has 8 heteroatoms. The smallest absolute Gasteiger partial charge is 0.317 e. The van der Waals surface area contributed by atoms with Crippen molar-refractivity contribution in [3.63, 3.8) is 0 Å². The van der Waals surface area contributed by atoms with Crippen LogP contribution in [0.4, 0.5) is 11.8 Å². The normalized spacial score (nSPS) is 18.2. The fourth-order valence-corrected chi connectivity index (χ4v) is 4.94. The fourth-order valence-electron chi connectivity index (χ4n) is 4.94. The molecule has 37 heavy (non-hydrogen) atoms. The van der Waals surface area contributed by atoms with Crippen LogP contribution in [-0.4, -0.2) is 45.9 Å². The van der Waals surface area contributed by atoms with Gasteiger partial charge in [0.1, 0.15) is 5.82 Å². The van der Waals surface area contributed by atoms with Gasteiger partial charge in [-0.25, -0.2) is 4.98 Å². The van der Waals surface area contributed by atoms with Crippen LogP contribution in [0.25, 0.3) is 11.5 Å². The number of aliphatic imine (C=N–C) groups is 1. The summed E-state index contributed by atoms with van der Waals surface area (Å²) in [5, 5.41) is 11.6. The van der Waals surface area contributed by atoms with Crippen LogP contribution in [0.15, 0.2) is 82.3 Å². The summed E-state index contributed by atoms with van der Waals surface area (Å²) < 4.78 is 6.01. The Morgan fingerprint density at radius 3 is 2.51 bits per heavy atom. The number of fused-ring (bicyclic) bond motifs is 1. The van der Waals surface area contributed by atoms with E-state index >= 15 is 0 Å². The Balaban J connectivity index is 1.30. The van der Waals surface area contributed by atoms with Crippen molar-refractivity contribution < 1.29 is 9.21 Å². The van der Waals surface area contributed by atoms with E-state index in [2.05, 4.69) is 32.3 Å². The number of ketones is 1. The van der Waals surface area contributed by atoms with Gasteiger partial charge in [0.15, 0.2) is 11.9 Å². The predicted molar refractivity (Wildman–Crippen MR) is 143 cm³/mol. The van der Waals surface area contributed by atoms with E-state index in [0.29, 0.717) is 11.8 Å². The third-order valence-electron chi connectivity index (χ3n) is 7.03. The van der Waals surface area contributed by atoms with Crippen LogP contribution in [0.2, 0.25) is 0 Å². The number of nitrogens with one attached hydrogen (secondary N) is 1. The summed E-state index contributed by atoms with van der Waals surface area (Å²) in [5.41, 5.74) is 4.38. The number of rotatable bonds is 5. The molecule has 0 bridgehead atoms. The zero-order chi connectivity index (χ0) is 25.2. The number of hydrogen-bond donors (Lipinski definition) is 1. The topological polar surface area (TPSA) is 96.5 Å². The number of hydrogen-bond acceptors (Lipinski definition) is 8. The monoisotopic (exact) mass is 492 g/mol. The molecule has 1 saturated heterocycles. The van der Waals surface area contributed by atoms with Gasteiger partial charge in [0, 0.05) is 36.8 Å². The standard InChI is InChI=1S/C29H28N6O2/c1-19-13-16-35(17-14-19)27-23(12-7-15-30-27)28-33-34-29(37-28)32-26-24(36)18-21-10-5-6-11-22(21)25(31-26)20-8-3-2-4-9-20/h2-12,15,19,26H,13-14,16-18H2,1H3,(H,32,34). The van der Waals surface area contributed by atoms with Crippen LogP contribution in [0.5, 0.6) is 0 Å². The maximum Gasteiger partial charge on any atom is 0.317 e. The maximum absolute atomic E-state index is 13.2. The van der Waals surface area contributed by atoms with Gasteiger partial charge in [-0.15, -0.1) is 5.10 Å². The van der Waals surface area contributed by atoms with Crippen molar-refractivity contribution in [2.45, 2.75) is 32.4 Å². The lowest BCUT2D eigenvalue weighted by molar-refractivity contribution is -0.119. The SMILES string of the molecule is CC1CCN(c2ncccc2-c2nnc(NC3N=C(c4ccccc4)c4ccccc4CC3=O)o2)CC1. The third kappa shape index (κ3) is 4.74. The molecule has 1 unspecified atom stereocenters. The van der Waals surface area contributed by atoms with Gasteiger partial charge in [-0.1, -0.05) is 66.6 Å². The van der Waals surface area contributed by atoms with E-state index in [9.17, 15) is 4.79 Å². The Bertz CT molecular complexity index is 1440. The number of carbonyl (C=O) groups excluding carboxylic acids is 1. The van der Waals surface area contributed by atoms with E-state index in [1.807, 2.05) is 66.7 Å². The third-order valence-corrected chi connectivity index (χ3v) is 7.03. The number of anilines is 2. The summed E-state index contributed by atoms with van der Waals surface area (Å²) in [7, 11) is 0. The molecule has 0 saturated carbocycles. The van der Waals surface area contributed by atoms with E-state index in [0.717, 1.165) is 59.7 Å². The summed E-state index contributed by atoms with van der Waals surface area (Å²) in [6.45, 7) is 4.17. The summed E-state index contributed by atoms with van der Waals surface area (Å²) in [6.07, 6.45) is 3.44. The maximum atomic E-state index is 13.2. The van der Waals surface area contributed by atoms with Crippen molar-refractivity contribution in [3.8, 4) is 11.5 Å². The lowest BCUT2D eigenvalue weighted by Crippen LogP contribution is -2.33. The molecular weight excluding hydrogens is 464 g/mol. The molecule has 0 aliphatic carbocycles. The first-order chi connectivity index (χ1) is 18.2. The predicted octanol–water partition coefficient (Wildman–Crippen LogP) is 4.77. The van der Waals surface area contributed by atoms with Crippen LogP contribution in [0, 0.1) is 5.92 Å². The number of benzene rings is 2. The van der Waals surface area contributed by atoms with Crippen molar-refractivity contribution in [1.82, 2.24) is 15.2 Å². The van der Waals surface area contributed by atoms with Gasteiger partial charge in [-0.3, -0.25) is 9.79 Å². The first kappa shape index (κ1) is 23.1. The quantitative estimate of drug-likeness (QED) is 0.429. The average Bonchev–Trinajstić information content (AvgIpc) is 3.35. The molecule has 4 aromatic rings. The molecule has 0 amide bonds. The zero-order valence-corrected chi connectivity index (χ0v) is 20.7. The van der Waals surface area contributed by atoms with Crippen LogP contribution in [-0.2, 0) is 11.2 Å². The number of piperidine rings is 1. The highest BCUT2D eigenvalue weighted by Gasteiger charge is 2.28. The molecule has 1 atom stereocenters. The summed E-state index contributed by atoms with van der Waals surface area (Å²) in [6, 6.07) is 21.7. The second-order valence-corrected chi connectivity index (χ2v) is 9.65. The van der Waals surface area contributed by atoms with Gasteiger partial charge in [-0.2, -0.15) is 0 Å². The molecule has 2 aliphatic heterocycles. The van der Waals surface area contributed by atoms with Crippen LogP contribution >= 0.6 is 0 Å². The molecule has 8 nitrogen and oxygen atoms in total. The summed E-state index contributed by atoms with van der Waals surface area (Å²) >= 11 is 0. The fraction of sp³-hybridized carbons (Fsp3) is 0.276. The highest BCUT2D eigenvalue weighted by Crippen LogP contribution is 2.32. The molecule has 1 N–H and O–H groups in total. The molecule has 1 fully saturated rings. The molecule has 0 radical (unpaired) electrons. The highest BCUT2D eigenvalue weighted by atomic mass is 16.4. The molecule has 2 aromatic heterocycles. The molecular formula is C29H28N6O2. The minimum absolute atomic E-state index is 0.0670. The van der Waals surface area contributed by atoms with Crippen LogP contribution < -0.4 is 10.2 Å². The van der Waals surface area contributed by atoms with Gasteiger partial charge < -0.3 is 14.6 Å². The Hall–Kier alpha value is -4.33. The van der Waals surface area contributed by atoms with Crippen molar-refractivity contribution in [1.29, 1.82) is 0 Å². The van der Waals surface area contributed by atoms with Crippen LogP contribution in [0.3, 0.4) is 0 Å². The second-order valence-electron chi connectivity index (χ2n) is 9.65. The average molecular weight is 493 g/mol. The summed E-state index contributed by atoms with van der Waals surface area (Å²) in [5.74, 6) is 1.85. The minimum atomic E-state index is -0.854. The van der Waals surface area contributed by atoms with Gasteiger partial charge in [0.05, 0.1) is 11.3 Å². The molecule has 186 valence electrons. The number of nitrogens with zero attached hydrogens (tertiary/aromatic N) is 5.